The first-order chi connectivity index (χ1) is 16.0. The summed E-state index contributed by atoms with van der Waals surface area (Å²) in [5, 5.41) is 12.3. The number of benzene rings is 1. The normalized spacial score (nSPS) is 15.9. The highest BCUT2D eigenvalue weighted by atomic mass is 16.5. The number of ether oxygens (including phenoxy) is 2. The molecule has 0 bridgehead atoms. The van der Waals surface area contributed by atoms with Crippen LogP contribution in [0.2, 0.25) is 0 Å². The van der Waals surface area contributed by atoms with Gasteiger partial charge < -0.3 is 14.8 Å². The summed E-state index contributed by atoms with van der Waals surface area (Å²) in [6.07, 6.45) is 4.56. The molecule has 0 aliphatic carbocycles. The minimum absolute atomic E-state index is 0.0162. The summed E-state index contributed by atoms with van der Waals surface area (Å²) in [5.41, 5.74) is 1.64. The molecule has 1 aliphatic rings. The van der Waals surface area contributed by atoms with Gasteiger partial charge in [0.05, 0.1) is 6.10 Å². The van der Waals surface area contributed by atoms with Gasteiger partial charge in [-0.2, -0.15) is 10.2 Å². The zero-order valence-electron chi connectivity index (χ0n) is 18.5. The average molecular weight is 444 g/mol. The summed E-state index contributed by atoms with van der Waals surface area (Å²) in [7, 11) is 0. The predicted molar refractivity (Wildman–Crippen MR) is 123 cm³/mol. The van der Waals surface area contributed by atoms with Crippen molar-refractivity contribution < 1.29 is 14.3 Å². The van der Waals surface area contributed by atoms with Crippen molar-refractivity contribution in [3.8, 4) is 17.7 Å². The molecule has 1 fully saturated rings. The van der Waals surface area contributed by atoms with Gasteiger partial charge in [-0.15, -0.1) is 0 Å². The Balaban J connectivity index is 1.75. The van der Waals surface area contributed by atoms with Gasteiger partial charge in [-0.3, -0.25) is 14.0 Å². The fourth-order valence-corrected chi connectivity index (χ4v) is 3.61. The molecule has 1 N–H and O–H groups in total. The number of rotatable bonds is 6. The number of nitriles is 1. The molecule has 0 radical (unpaired) electrons. The van der Waals surface area contributed by atoms with E-state index in [2.05, 4.69) is 10.3 Å². The summed E-state index contributed by atoms with van der Waals surface area (Å²) in [6.45, 7) is 4.77. The maximum absolute atomic E-state index is 13.3. The number of pyridine rings is 1. The van der Waals surface area contributed by atoms with Gasteiger partial charge in [-0.05, 0) is 56.5 Å². The van der Waals surface area contributed by atoms with Crippen molar-refractivity contribution in [2.75, 3.05) is 13.2 Å². The Morgan fingerprint density at radius 3 is 2.82 bits per heavy atom. The number of aryl methyl sites for hydroxylation is 2. The van der Waals surface area contributed by atoms with E-state index in [1.165, 1.54) is 10.5 Å². The Bertz CT molecular complexity index is 1310. The van der Waals surface area contributed by atoms with Crippen molar-refractivity contribution in [2.45, 2.75) is 32.8 Å². The molecule has 2 aromatic heterocycles. The van der Waals surface area contributed by atoms with E-state index in [1.807, 2.05) is 38.1 Å². The highest BCUT2D eigenvalue weighted by Gasteiger charge is 2.20. The lowest BCUT2D eigenvalue weighted by Gasteiger charge is -2.12. The summed E-state index contributed by atoms with van der Waals surface area (Å²) >= 11 is 0. The third kappa shape index (κ3) is 4.94. The first-order valence-electron chi connectivity index (χ1n) is 10.7. The molecule has 1 amide bonds. The third-order valence-electron chi connectivity index (χ3n) is 5.45. The molecule has 1 atom stereocenters. The van der Waals surface area contributed by atoms with Gasteiger partial charge in [-0.25, -0.2) is 0 Å². The summed E-state index contributed by atoms with van der Waals surface area (Å²) < 4.78 is 12.8. The Kier molecular flexibility index (Phi) is 6.52. The molecule has 3 aromatic rings. The molecular formula is C25H24N4O4. The number of nitrogens with zero attached hydrogens (tertiary/aromatic N) is 3. The standard InChI is InChI=1S/C25H24N4O4/c1-16-7-9-19(10-8-16)33-24-21(25(31)29-11-3-5-17(2)22(29)28-24)13-18(14-26)23(30)27-15-20-6-4-12-32-20/h3,5,7-11,13,20H,4,6,12,15H2,1-2H3,(H,27,30)/b18-13+/t20-/m1/s1. The summed E-state index contributed by atoms with van der Waals surface area (Å²) in [5.74, 6) is -0.0673. The van der Waals surface area contributed by atoms with Crippen LogP contribution in [0.15, 0.2) is 53.0 Å². The van der Waals surface area contributed by atoms with Crippen LogP contribution in [0.4, 0.5) is 0 Å². The van der Waals surface area contributed by atoms with Crippen LogP contribution < -0.4 is 15.6 Å². The Morgan fingerprint density at radius 2 is 2.12 bits per heavy atom. The van der Waals surface area contributed by atoms with E-state index in [4.69, 9.17) is 9.47 Å². The molecular weight excluding hydrogens is 420 g/mol. The molecule has 0 spiro atoms. The van der Waals surface area contributed by atoms with Gasteiger partial charge in [0, 0.05) is 19.3 Å². The van der Waals surface area contributed by atoms with E-state index in [-0.39, 0.29) is 23.1 Å². The second kappa shape index (κ2) is 9.67. The van der Waals surface area contributed by atoms with Crippen LogP contribution in [-0.2, 0) is 9.53 Å². The molecule has 1 aliphatic heterocycles. The van der Waals surface area contributed by atoms with E-state index in [1.54, 1.807) is 24.4 Å². The topological polar surface area (TPSA) is 106 Å². The van der Waals surface area contributed by atoms with Crippen molar-refractivity contribution in [2.24, 2.45) is 0 Å². The molecule has 8 heteroatoms. The average Bonchev–Trinajstić information content (AvgIpc) is 3.33. The zero-order chi connectivity index (χ0) is 23.4. The highest BCUT2D eigenvalue weighted by Crippen LogP contribution is 2.25. The van der Waals surface area contributed by atoms with Gasteiger partial charge in [-0.1, -0.05) is 23.8 Å². The van der Waals surface area contributed by atoms with Crippen LogP contribution in [0.25, 0.3) is 11.7 Å². The fraction of sp³-hybridized carbons (Fsp3) is 0.280. The smallest absolute Gasteiger partial charge is 0.269 e. The molecule has 1 aromatic carbocycles. The number of carbonyl (C=O) groups is 1. The number of fused-ring (bicyclic) bond motifs is 1. The van der Waals surface area contributed by atoms with E-state index in [0.29, 0.717) is 24.5 Å². The third-order valence-corrected chi connectivity index (χ3v) is 5.45. The maximum atomic E-state index is 13.3. The minimum Gasteiger partial charge on any atom is -0.438 e. The second-order valence-corrected chi connectivity index (χ2v) is 7.95. The molecule has 0 saturated carbocycles. The SMILES string of the molecule is Cc1ccc(Oc2nc3c(C)cccn3c(=O)c2/C=C(\C#N)C(=O)NC[C@H]2CCCO2)cc1. The molecule has 1 saturated heterocycles. The van der Waals surface area contributed by atoms with Crippen molar-refractivity contribution in [1.29, 1.82) is 5.26 Å². The zero-order valence-corrected chi connectivity index (χ0v) is 18.5. The van der Waals surface area contributed by atoms with Crippen LogP contribution in [0.1, 0.15) is 29.5 Å². The Hall–Kier alpha value is -3.96. The lowest BCUT2D eigenvalue weighted by Crippen LogP contribution is -2.32. The van der Waals surface area contributed by atoms with Crippen molar-refractivity contribution in [3.05, 3.63) is 75.2 Å². The van der Waals surface area contributed by atoms with Crippen molar-refractivity contribution >= 4 is 17.6 Å². The molecule has 33 heavy (non-hydrogen) atoms. The largest absolute Gasteiger partial charge is 0.438 e. The fourth-order valence-electron chi connectivity index (χ4n) is 3.61. The van der Waals surface area contributed by atoms with E-state index in [0.717, 1.165) is 24.0 Å². The summed E-state index contributed by atoms with van der Waals surface area (Å²) in [6, 6.07) is 12.8. The van der Waals surface area contributed by atoms with Crippen LogP contribution in [-0.4, -0.2) is 34.5 Å². The van der Waals surface area contributed by atoms with Gasteiger partial charge >= 0.3 is 0 Å². The molecule has 0 unspecified atom stereocenters. The monoisotopic (exact) mass is 444 g/mol. The first-order valence-corrected chi connectivity index (χ1v) is 10.7. The van der Waals surface area contributed by atoms with E-state index in [9.17, 15) is 14.9 Å². The Labute approximate surface area is 191 Å². The predicted octanol–water partition coefficient (Wildman–Crippen LogP) is 3.31. The van der Waals surface area contributed by atoms with Crippen LogP contribution in [0, 0.1) is 25.2 Å². The number of carbonyl (C=O) groups excluding carboxylic acids is 1. The van der Waals surface area contributed by atoms with Gasteiger partial charge in [0.15, 0.2) is 0 Å². The molecule has 168 valence electrons. The van der Waals surface area contributed by atoms with Gasteiger partial charge in [0.2, 0.25) is 5.88 Å². The second-order valence-electron chi connectivity index (χ2n) is 7.95. The van der Waals surface area contributed by atoms with Crippen LogP contribution in [0.3, 0.4) is 0 Å². The lowest BCUT2D eigenvalue weighted by molar-refractivity contribution is -0.117. The minimum atomic E-state index is -0.581. The van der Waals surface area contributed by atoms with E-state index < -0.39 is 11.5 Å². The number of amides is 1. The lowest BCUT2D eigenvalue weighted by atomic mass is 10.1. The highest BCUT2D eigenvalue weighted by molar-refractivity contribution is 6.01. The van der Waals surface area contributed by atoms with Gasteiger partial charge in [0.1, 0.15) is 28.6 Å². The first kappa shape index (κ1) is 22.2. The van der Waals surface area contributed by atoms with Gasteiger partial charge in [0.25, 0.3) is 11.5 Å². The quantitative estimate of drug-likeness (QED) is 0.462. The molecule has 8 nitrogen and oxygen atoms in total. The maximum Gasteiger partial charge on any atom is 0.269 e. The Morgan fingerprint density at radius 1 is 1.33 bits per heavy atom. The number of nitrogens with one attached hydrogen (secondary N) is 1. The molecule has 3 heterocycles. The van der Waals surface area contributed by atoms with E-state index >= 15 is 0 Å². The number of aromatic nitrogens is 2. The van der Waals surface area contributed by atoms with Crippen LogP contribution in [0.5, 0.6) is 11.6 Å². The number of hydrogen-bond donors (Lipinski definition) is 1. The number of hydrogen-bond acceptors (Lipinski definition) is 6. The van der Waals surface area contributed by atoms with Crippen molar-refractivity contribution in [3.63, 3.8) is 0 Å². The molecule has 4 rings (SSSR count). The van der Waals surface area contributed by atoms with Crippen molar-refractivity contribution in [1.82, 2.24) is 14.7 Å². The summed E-state index contributed by atoms with van der Waals surface area (Å²) in [4.78, 5) is 30.5. The van der Waals surface area contributed by atoms with Crippen LogP contribution >= 0.6 is 0 Å².